The van der Waals surface area contributed by atoms with Crippen LogP contribution in [0, 0.1) is 20.8 Å². The van der Waals surface area contributed by atoms with Gasteiger partial charge in [0.25, 0.3) is 0 Å². The van der Waals surface area contributed by atoms with Crippen molar-refractivity contribution in [3.63, 3.8) is 0 Å². The molecule has 1 aromatic heterocycles. The number of aromatic nitrogens is 2. The van der Waals surface area contributed by atoms with Gasteiger partial charge in [-0.1, -0.05) is 29.3 Å². The molecular weight excluding hydrogens is 354 g/mol. The predicted octanol–water partition coefficient (Wildman–Crippen LogP) is 3.40. The first-order chi connectivity index (χ1) is 13.3. The van der Waals surface area contributed by atoms with E-state index < -0.39 is 5.97 Å². The summed E-state index contributed by atoms with van der Waals surface area (Å²) < 4.78 is 1.82. The number of amides is 1. The van der Waals surface area contributed by atoms with Gasteiger partial charge in [-0.2, -0.15) is 5.10 Å². The van der Waals surface area contributed by atoms with E-state index in [9.17, 15) is 14.7 Å². The molecule has 0 spiro atoms. The van der Waals surface area contributed by atoms with Gasteiger partial charge in [-0.25, -0.2) is 4.79 Å². The van der Waals surface area contributed by atoms with E-state index in [0.717, 1.165) is 31.2 Å². The van der Waals surface area contributed by atoms with Crippen molar-refractivity contribution in [3.8, 4) is 0 Å². The molecule has 0 unspecified atom stereocenters. The maximum atomic E-state index is 13.3. The molecule has 6 nitrogen and oxygen atoms in total. The van der Waals surface area contributed by atoms with Crippen LogP contribution in [0.3, 0.4) is 0 Å². The first kappa shape index (κ1) is 18.7. The van der Waals surface area contributed by atoms with Crippen LogP contribution in [0.5, 0.6) is 0 Å². The zero-order valence-corrected chi connectivity index (χ0v) is 16.7. The van der Waals surface area contributed by atoms with Gasteiger partial charge in [0.05, 0.1) is 23.3 Å². The van der Waals surface area contributed by atoms with E-state index in [-0.39, 0.29) is 22.9 Å². The van der Waals surface area contributed by atoms with Crippen molar-refractivity contribution in [1.29, 1.82) is 0 Å². The molecule has 0 bridgehead atoms. The van der Waals surface area contributed by atoms with Crippen LogP contribution in [-0.4, -0.2) is 44.8 Å². The second-order valence-electron chi connectivity index (χ2n) is 8.38. The maximum Gasteiger partial charge on any atom is 0.339 e. The van der Waals surface area contributed by atoms with Crippen LogP contribution in [-0.2, 0) is 10.2 Å². The van der Waals surface area contributed by atoms with E-state index in [4.69, 9.17) is 0 Å². The highest BCUT2D eigenvalue weighted by molar-refractivity contribution is 5.91. The number of likely N-dealkylation sites (tertiary alicyclic amines) is 1. The summed E-state index contributed by atoms with van der Waals surface area (Å²) >= 11 is 0. The lowest BCUT2D eigenvalue weighted by Crippen LogP contribution is -2.44. The van der Waals surface area contributed by atoms with Crippen molar-refractivity contribution < 1.29 is 14.7 Å². The van der Waals surface area contributed by atoms with Gasteiger partial charge in [-0.3, -0.25) is 9.48 Å². The fraction of sp³-hybridized carbons (Fsp3) is 0.500. The number of hydrogen-bond donors (Lipinski definition) is 1. The number of carbonyl (C=O) groups excluding carboxylic acids is 1. The van der Waals surface area contributed by atoms with E-state index in [1.807, 2.05) is 9.58 Å². The molecule has 1 saturated heterocycles. The first-order valence-electron chi connectivity index (χ1n) is 9.97. The summed E-state index contributed by atoms with van der Waals surface area (Å²) in [7, 11) is 0. The van der Waals surface area contributed by atoms with Crippen LogP contribution in [0.15, 0.2) is 24.4 Å². The molecule has 4 rings (SSSR count). The summed E-state index contributed by atoms with van der Waals surface area (Å²) in [4.78, 5) is 26.6. The SMILES string of the molecule is Cc1cc(C)cc(C2(C(=O)N3CCC(n4ncc(C(=O)O)c4C)CC3)CC2)c1. The van der Waals surface area contributed by atoms with Crippen molar-refractivity contribution in [2.45, 2.75) is 57.9 Å². The zero-order valence-electron chi connectivity index (χ0n) is 16.7. The Morgan fingerprint density at radius 2 is 1.68 bits per heavy atom. The average Bonchev–Trinajstić information content (AvgIpc) is 3.37. The molecule has 1 amide bonds. The molecule has 0 radical (unpaired) electrons. The predicted molar refractivity (Wildman–Crippen MR) is 106 cm³/mol. The third-order valence-electron chi connectivity index (χ3n) is 6.31. The molecule has 1 N–H and O–H groups in total. The number of nitrogens with zero attached hydrogens (tertiary/aromatic N) is 3. The van der Waals surface area contributed by atoms with Crippen molar-refractivity contribution in [2.75, 3.05) is 13.1 Å². The zero-order chi connectivity index (χ0) is 20.1. The van der Waals surface area contributed by atoms with Gasteiger partial charge in [-0.05, 0) is 52.0 Å². The molecule has 6 heteroatoms. The van der Waals surface area contributed by atoms with Crippen LogP contribution in [0.1, 0.15) is 64.5 Å². The summed E-state index contributed by atoms with van der Waals surface area (Å²) in [5, 5.41) is 13.5. The molecule has 2 aromatic rings. The second kappa shape index (κ2) is 6.76. The summed E-state index contributed by atoms with van der Waals surface area (Å²) in [5.74, 6) is -0.695. The molecule has 148 valence electrons. The third kappa shape index (κ3) is 3.11. The van der Waals surface area contributed by atoms with Crippen molar-refractivity contribution in [2.24, 2.45) is 0 Å². The highest BCUT2D eigenvalue weighted by Gasteiger charge is 2.53. The van der Waals surface area contributed by atoms with E-state index >= 15 is 0 Å². The molecule has 0 atom stereocenters. The summed E-state index contributed by atoms with van der Waals surface area (Å²) in [5.41, 5.74) is 4.18. The van der Waals surface area contributed by atoms with Crippen molar-refractivity contribution in [1.82, 2.24) is 14.7 Å². The van der Waals surface area contributed by atoms with E-state index in [1.165, 1.54) is 17.3 Å². The molecule has 1 aromatic carbocycles. The molecule has 28 heavy (non-hydrogen) atoms. The second-order valence-corrected chi connectivity index (χ2v) is 8.38. The summed E-state index contributed by atoms with van der Waals surface area (Å²) in [6.45, 7) is 7.35. The minimum atomic E-state index is -0.944. The molecule has 2 aliphatic rings. The minimum absolute atomic E-state index is 0.147. The van der Waals surface area contributed by atoms with Gasteiger partial charge in [0.2, 0.25) is 5.91 Å². The highest BCUT2D eigenvalue weighted by atomic mass is 16.4. The van der Waals surface area contributed by atoms with E-state index in [1.54, 1.807) is 6.92 Å². The van der Waals surface area contributed by atoms with Gasteiger partial charge >= 0.3 is 5.97 Å². The Balaban J connectivity index is 1.47. The number of piperidine rings is 1. The molecule has 2 heterocycles. The Bertz CT molecular complexity index is 914. The third-order valence-corrected chi connectivity index (χ3v) is 6.31. The Hall–Kier alpha value is -2.63. The molecular formula is C22H27N3O3. The number of benzene rings is 1. The fourth-order valence-electron chi connectivity index (χ4n) is 4.62. The Morgan fingerprint density at radius 1 is 1.07 bits per heavy atom. The highest BCUT2D eigenvalue weighted by Crippen LogP contribution is 2.50. The van der Waals surface area contributed by atoms with E-state index in [0.29, 0.717) is 18.8 Å². The normalized spacial score (nSPS) is 18.9. The number of aromatic carboxylic acids is 1. The Morgan fingerprint density at radius 3 is 2.18 bits per heavy atom. The lowest BCUT2D eigenvalue weighted by Gasteiger charge is -2.35. The number of aryl methyl sites for hydroxylation is 2. The monoisotopic (exact) mass is 381 g/mol. The Kier molecular flexibility index (Phi) is 4.52. The quantitative estimate of drug-likeness (QED) is 0.881. The van der Waals surface area contributed by atoms with Crippen LogP contribution in [0.25, 0.3) is 0 Å². The van der Waals surface area contributed by atoms with Gasteiger partial charge < -0.3 is 10.0 Å². The van der Waals surface area contributed by atoms with Crippen LogP contribution in [0.2, 0.25) is 0 Å². The van der Waals surface area contributed by atoms with Crippen LogP contribution < -0.4 is 0 Å². The average molecular weight is 381 g/mol. The molecule has 1 aliphatic heterocycles. The lowest BCUT2D eigenvalue weighted by molar-refractivity contribution is -0.135. The van der Waals surface area contributed by atoms with Gasteiger partial charge in [0, 0.05) is 13.1 Å². The minimum Gasteiger partial charge on any atom is -0.478 e. The van der Waals surface area contributed by atoms with E-state index in [2.05, 4.69) is 37.1 Å². The molecule has 1 aliphatic carbocycles. The largest absolute Gasteiger partial charge is 0.478 e. The number of carboxylic acids is 1. The topological polar surface area (TPSA) is 75.4 Å². The number of carbonyl (C=O) groups is 2. The van der Waals surface area contributed by atoms with Crippen molar-refractivity contribution in [3.05, 3.63) is 52.3 Å². The van der Waals surface area contributed by atoms with Gasteiger partial charge in [0.15, 0.2) is 0 Å². The number of rotatable bonds is 4. The van der Waals surface area contributed by atoms with Crippen LogP contribution >= 0.6 is 0 Å². The first-order valence-corrected chi connectivity index (χ1v) is 9.97. The van der Waals surface area contributed by atoms with Crippen molar-refractivity contribution >= 4 is 11.9 Å². The maximum absolute atomic E-state index is 13.3. The molecule has 2 fully saturated rings. The number of hydrogen-bond acceptors (Lipinski definition) is 3. The van der Waals surface area contributed by atoms with Gasteiger partial charge in [0.1, 0.15) is 5.56 Å². The summed E-state index contributed by atoms with van der Waals surface area (Å²) in [6.07, 6.45) is 4.88. The standard InChI is InChI=1S/C22H27N3O3/c1-14-10-15(2)12-17(11-14)22(6-7-22)21(28)24-8-4-18(5-9-24)25-16(3)19(13-23-25)20(26)27/h10-13,18H,4-9H2,1-3H3,(H,26,27). The van der Waals surface area contributed by atoms with Gasteiger partial charge in [-0.15, -0.1) is 0 Å². The Labute approximate surface area is 165 Å². The lowest BCUT2D eigenvalue weighted by atomic mass is 9.90. The molecule has 1 saturated carbocycles. The summed E-state index contributed by atoms with van der Waals surface area (Å²) in [6, 6.07) is 6.61. The number of carboxylic acid groups (broad SMARTS) is 1. The smallest absolute Gasteiger partial charge is 0.339 e. The fourth-order valence-corrected chi connectivity index (χ4v) is 4.62. The van der Waals surface area contributed by atoms with Crippen LogP contribution in [0.4, 0.5) is 0 Å².